The van der Waals surface area contributed by atoms with E-state index >= 15 is 0 Å². The summed E-state index contributed by atoms with van der Waals surface area (Å²) in [6, 6.07) is 3.43. The molecule has 138 valence electrons. The molecule has 8 nitrogen and oxygen atoms in total. The van der Waals surface area contributed by atoms with Gasteiger partial charge in [0.25, 0.3) is 5.69 Å². The Labute approximate surface area is 147 Å². The van der Waals surface area contributed by atoms with Crippen LogP contribution in [0.4, 0.5) is 17.1 Å². The number of nitro benzene ring substituents is 2. The zero-order chi connectivity index (χ0) is 18.5. The zero-order valence-electron chi connectivity index (χ0n) is 14.6. The van der Waals surface area contributed by atoms with Crippen molar-refractivity contribution in [3.8, 4) is 0 Å². The van der Waals surface area contributed by atoms with E-state index in [1.807, 2.05) is 0 Å². The van der Waals surface area contributed by atoms with Gasteiger partial charge in [0, 0.05) is 12.3 Å². The van der Waals surface area contributed by atoms with Gasteiger partial charge in [-0.3, -0.25) is 25.7 Å². The minimum atomic E-state index is -0.664. The molecule has 0 heterocycles. The third-order valence-corrected chi connectivity index (χ3v) is 3.85. The maximum absolute atomic E-state index is 11.0. The van der Waals surface area contributed by atoms with E-state index in [-0.39, 0.29) is 17.1 Å². The van der Waals surface area contributed by atoms with Crippen molar-refractivity contribution in [3.05, 3.63) is 38.4 Å². The van der Waals surface area contributed by atoms with E-state index < -0.39 is 9.85 Å². The SMILES string of the molecule is CCCCCCCCCCC=NNc1ccc([N+](=O)[O-])cc1[N+](=O)[O-]. The van der Waals surface area contributed by atoms with Gasteiger partial charge < -0.3 is 0 Å². The van der Waals surface area contributed by atoms with E-state index in [0.29, 0.717) is 0 Å². The van der Waals surface area contributed by atoms with E-state index in [2.05, 4.69) is 17.5 Å². The first-order valence-corrected chi connectivity index (χ1v) is 8.76. The van der Waals surface area contributed by atoms with Gasteiger partial charge in [-0.25, -0.2) is 0 Å². The molecule has 0 bridgehead atoms. The Morgan fingerprint density at radius 2 is 1.64 bits per heavy atom. The van der Waals surface area contributed by atoms with Crippen molar-refractivity contribution in [1.29, 1.82) is 0 Å². The Morgan fingerprint density at radius 3 is 2.24 bits per heavy atom. The summed E-state index contributed by atoms with van der Waals surface area (Å²) >= 11 is 0. The van der Waals surface area contributed by atoms with Gasteiger partial charge in [0.1, 0.15) is 5.69 Å². The highest BCUT2D eigenvalue weighted by Crippen LogP contribution is 2.28. The second kappa shape index (κ2) is 11.9. The van der Waals surface area contributed by atoms with Crippen molar-refractivity contribution in [2.45, 2.75) is 64.7 Å². The summed E-state index contributed by atoms with van der Waals surface area (Å²) in [5.41, 5.74) is 2.05. The van der Waals surface area contributed by atoms with Gasteiger partial charge >= 0.3 is 5.69 Å². The summed E-state index contributed by atoms with van der Waals surface area (Å²) in [7, 11) is 0. The molecule has 0 fully saturated rings. The number of anilines is 1. The predicted octanol–water partition coefficient (Wildman–Crippen LogP) is 5.43. The Balaban J connectivity index is 2.32. The van der Waals surface area contributed by atoms with Crippen LogP contribution in [0.3, 0.4) is 0 Å². The van der Waals surface area contributed by atoms with Crippen LogP contribution in [0.15, 0.2) is 23.3 Å². The number of hydrazone groups is 1. The third kappa shape index (κ3) is 8.23. The molecule has 0 aliphatic heterocycles. The highest BCUT2D eigenvalue weighted by Gasteiger charge is 2.18. The average Bonchev–Trinajstić information content (AvgIpc) is 2.59. The quantitative estimate of drug-likeness (QED) is 0.221. The first kappa shape index (κ1) is 20.5. The third-order valence-electron chi connectivity index (χ3n) is 3.85. The zero-order valence-corrected chi connectivity index (χ0v) is 14.6. The fourth-order valence-corrected chi connectivity index (χ4v) is 2.43. The molecule has 1 aromatic carbocycles. The Hall–Kier alpha value is -2.51. The van der Waals surface area contributed by atoms with E-state index in [9.17, 15) is 20.2 Å². The second-order valence-corrected chi connectivity index (χ2v) is 5.90. The molecule has 0 atom stereocenters. The highest BCUT2D eigenvalue weighted by atomic mass is 16.6. The Bertz CT molecular complexity index is 590. The van der Waals surface area contributed by atoms with Crippen LogP contribution in [-0.2, 0) is 0 Å². The molecule has 0 amide bonds. The molecule has 0 aromatic heterocycles. The molecule has 25 heavy (non-hydrogen) atoms. The van der Waals surface area contributed by atoms with Gasteiger partial charge in [-0.15, -0.1) is 0 Å². The van der Waals surface area contributed by atoms with Crippen LogP contribution in [0.1, 0.15) is 64.7 Å². The fraction of sp³-hybridized carbons (Fsp3) is 0.588. The topological polar surface area (TPSA) is 111 Å². The van der Waals surface area contributed by atoms with Crippen molar-refractivity contribution in [2.24, 2.45) is 5.10 Å². The van der Waals surface area contributed by atoms with Crippen LogP contribution in [0.2, 0.25) is 0 Å². The normalized spacial score (nSPS) is 10.9. The van der Waals surface area contributed by atoms with E-state index in [1.165, 1.54) is 50.7 Å². The first-order chi connectivity index (χ1) is 12.1. The van der Waals surface area contributed by atoms with Crippen LogP contribution in [0.5, 0.6) is 0 Å². The number of hydrogen-bond acceptors (Lipinski definition) is 6. The maximum Gasteiger partial charge on any atom is 0.301 e. The molecule has 1 N–H and O–H groups in total. The molecule has 0 unspecified atom stereocenters. The van der Waals surface area contributed by atoms with Crippen molar-refractivity contribution in [3.63, 3.8) is 0 Å². The predicted molar refractivity (Wildman–Crippen MR) is 99.1 cm³/mol. The van der Waals surface area contributed by atoms with Crippen molar-refractivity contribution in [2.75, 3.05) is 5.43 Å². The van der Waals surface area contributed by atoms with Gasteiger partial charge in [0.15, 0.2) is 0 Å². The minimum Gasteiger partial charge on any atom is -0.272 e. The van der Waals surface area contributed by atoms with Crippen LogP contribution < -0.4 is 5.43 Å². The van der Waals surface area contributed by atoms with Gasteiger partial charge in [-0.2, -0.15) is 5.10 Å². The lowest BCUT2D eigenvalue weighted by Crippen LogP contribution is -1.98. The number of unbranched alkanes of at least 4 members (excludes halogenated alkanes) is 8. The molecular formula is C17H26N4O4. The van der Waals surface area contributed by atoms with E-state index in [1.54, 1.807) is 6.21 Å². The number of non-ortho nitro benzene ring substituents is 1. The maximum atomic E-state index is 11.0. The number of nitrogens with one attached hydrogen (secondary N) is 1. The van der Waals surface area contributed by atoms with Crippen LogP contribution in [-0.4, -0.2) is 16.1 Å². The summed E-state index contributed by atoms with van der Waals surface area (Å²) in [5, 5.41) is 25.6. The summed E-state index contributed by atoms with van der Waals surface area (Å²) in [6.45, 7) is 2.21. The molecular weight excluding hydrogens is 324 g/mol. The minimum absolute atomic E-state index is 0.141. The van der Waals surface area contributed by atoms with Crippen molar-refractivity contribution >= 4 is 23.3 Å². The van der Waals surface area contributed by atoms with Crippen LogP contribution in [0.25, 0.3) is 0 Å². The van der Waals surface area contributed by atoms with Gasteiger partial charge in [0.2, 0.25) is 0 Å². The second-order valence-electron chi connectivity index (χ2n) is 5.90. The molecule has 0 aliphatic rings. The standard InChI is InChI=1S/C17H26N4O4/c1-2-3-4-5-6-7-8-9-10-13-18-19-16-12-11-15(20(22)23)14-17(16)21(24)25/h11-14,19H,2-10H2,1H3. The lowest BCUT2D eigenvalue weighted by Gasteiger charge is -2.02. The molecule has 0 radical (unpaired) electrons. The summed E-state index contributed by atoms with van der Waals surface area (Å²) in [6.07, 6.45) is 12.3. The van der Waals surface area contributed by atoms with Gasteiger partial charge in [-0.1, -0.05) is 51.9 Å². The number of hydrogen-bond donors (Lipinski definition) is 1. The average molecular weight is 350 g/mol. The number of nitrogens with zero attached hydrogens (tertiary/aromatic N) is 3. The van der Waals surface area contributed by atoms with E-state index in [0.717, 1.165) is 25.3 Å². The van der Waals surface area contributed by atoms with Crippen molar-refractivity contribution in [1.82, 2.24) is 0 Å². The monoisotopic (exact) mass is 350 g/mol. The molecule has 0 spiro atoms. The lowest BCUT2D eigenvalue weighted by atomic mass is 10.1. The van der Waals surface area contributed by atoms with Crippen LogP contribution in [0, 0.1) is 20.2 Å². The summed E-state index contributed by atoms with van der Waals surface area (Å²) in [5.74, 6) is 0. The fourth-order valence-electron chi connectivity index (χ4n) is 2.43. The molecule has 8 heteroatoms. The molecule has 0 saturated carbocycles. The van der Waals surface area contributed by atoms with Crippen molar-refractivity contribution < 1.29 is 9.85 Å². The van der Waals surface area contributed by atoms with Gasteiger partial charge in [-0.05, 0) is 18.9 Å². The number of benzene rings is 1. The molecule has 1 rings (SSSR count). The summed E-state index contributed by atoms with van der Waals surface area (Å²) < 4.78 is 0. The first-order valence-electron chi connectivity index (χ1n) is 8.76. The molecule has 0 saturated heterocycles. The highest BCUT2D eigenvalue weighted by molar-refractivity contribution is 5.67. The van der Waals surface area contributed by atoms with Gasteiger partial charge in [0.05, 0.1) is 15.9 Å². The smallest absolute Gasteiger partial charge is 0.272 e. The molecule has 0 aliphatic carbocycles. The van der Waals surface area contributed by atoms with E-state index in [4.69, 9.17) is 0 Å². The number of nitro groups is 2. The largest absolute Gasteiger partial charge is 0.301 e. The summed E-state index contributed by atoms with van der Waals surface area (Å²) in [4.78, 5) is 20.3. The Kier molecular flexibility index (Phi) is 9.81. The lowest BCUT2D eigenvalue weighted by molar-refractivity contribution is -0.393. The van der Waals surface area contributed by atoms with Crippen LogP contribution >= 0.6 is 0 Å². The Morgan fingerprint density at radius 1 is 1.00 bits per heavy atom. The number of rotatable bonds is 13. The molecule has 1 aromatic rings.